The van der Waals surface area contributed by atoms with Crippen molar-refractivity contribution in [3.63, 3.8) is 0 Å². The van der Waals surface area contributed by atoms with E-state index in [0.717, 1.165) is 12.8 Å². The molecule has 0 aromatic heterocycles. The van der Waals surface area contributed by atoms with Crippen molar-refractivity contribution in [2.24, 2.45) is 11.8 Å². The minimum atomic E-state index is -4.22. The first-order chi connectivity index (χ1) is 39.0. The Kier molecular flexibility index (Phi) is 36.8. The third kappa shape index (κ3) is 28.8. The van der Waals surface area contributed by atoms with Crippen LogP contribution in [-0.2, 0) is 13.7 Å². The summed E-state index contributed by atoms with van der Waals surface area (Å²) in [6, 6.07) is 0. The van der Waals surface area contributed by atoms with Gasteiger partial charge in [0.2, 0.25) is 11.2 Å². The minimum Gasteiger partial charge on any atom is -0.394 e. The average Bonchev–Trinajstić information content (AvgIpc) is 3.44. The summed E-state index contributed by atoms with van der Waals surface area (Å²) in [4.78, 5) is 0. The molecular formula is C59H102O23S. The molecule has 2 aliphatic heterocycles. The van der Waals surface area contributed by atoms with Crippen molar-refractivity contribution in [2.45, 2.75) is 252 Å². The van der Waals surface area contributed by atoms with Crippen molar-refractivity contribution >= 4 is 11.2 Å². The number of hydrogen-bond donors (Lipinski definition) is 20. The zero-order valence-electron chi connectivity index (χ0n) is 48.2. The Bertz CT molecular complexity index is 1980. The maximum Gasteiger partial charge on any atom is 0.216 e. The maximum absolute atomic E-state index is 11.2. The molecule has 23 atom stereocenters. The van der Waals surface area contributed by atoms with Crippen molar-refractivity contribution in [2.75, 3.05) is 6.61 Å². The highest BCUT2D eigenvalue weighted by atomic mass is 32.3. The van der Waals surface area contributed by atoms with Crippen LogP contribution in [-0.4, -0.2) is 235 Å². The molecule has 20 N–H and O–H groups in total. The number of unbranched alkanes of at least 4 members (excludes halogenated alkanes) is 2. The van der Waals surface area contributed by atoms with Gasteiger partial charge in [0.25, 0.3) is 0 Å². The van der Waals surface area contributed by atoms with E-state index in [-0.39, 0.29) is 75.7 Å². The molecule has 2 fully saturated rings. The van der Waals surface area contributed by atoms with Crippen LogP contribution < -0.4 is 0 Å². The van der Waals surface area contributed by atoms with Gasteiger partial charge < -0.3 is 96.3 Å². The lowest BCUT2D eigenvalue weighted by molar-refractivity contribution is -0.234. The molecule has 0 saturated carbocycles. The highest BCUT2D eigenvalue weighted by Crippen LogP contribution is 2.37. The van der Waals surface area contributed by atoms with Crippen LogP contribution in [0.1, 0.15) is 124 Å². The summed E-state index contributed by atoms with van der Waals surface area (Å²) in [5.41, 5.74) is 0.473. The van der Waals surface area contributed by atoms with E-state index in [1.807, 2.05) is 49.5 Å². The maximum atomic E-state index is 11.2. The van der Waals surface area contributed by atoms with Gasteiger partial charge in [-0.1, -0.05) is 98.9 Å². The highest BCUT2D eigenvalue weighted by molar-refractivity contribution is 8.15. The van der Waals surface area contributed by atoms with Crippen LogP contribution >= 0.6 is 11.2 Å². The van der Waals surface area contributed by atoms with Gasteiger partial charge in [-0.3, -0.25) is 17.8 Å². The topological polar surface area (TPSA) is 432 Å². The van der Waals surface area contributed by atoms with Gasteiger partial charge in [0.15, 0.2) is 0 Å². The smallest absolute Gasteiger partial charge is 0.216 e. The number of hydrogen-bond acceptors (Lipinski definition) is 23. The van der Waals surface area contributed by atoms with Crippen molar-refractivity contribution < 1.29 is 114 Å². The Morgan fingerprint density at radius 1 is 0.614 bits per heavy atom. The van der Waals surface area contributed by atoms with Crippen LogP contribution in [0.4, 0.5) is 0 Å². The number of rotatable bonds is 41. The third-order valence-corrected chi connectivity index (χ3v) is 15.6. The average molecular weight is 1210 g/mol. The Morgan fingerprint density at radius 2 is 1.17 bits per heavy atom. The molecule has 0 aliphatic carbocycles. The zero-order valence-corrected chi connectivity index (χ0v) is 49.0. The van der Waals surface area contributed by atoms with E-state index in [0.29, 0.717) is 31.3 Å². The molecule has 24 heteroatoms. The van der Waals surface area contributed by atoms with Crippen LogP contribution in [0, 0.1) is 11.8 Å². The van der Waals surface area contributed by atoms with E-state index in [9.17, 15) is 86.8 Å². The molecule has 83 heavy (non-hydrogen) atoms. The summed E-state index contributed by atoms with van der Waals surface area (Å²) >= 11 is -4.22. The zero-order chi connectivity index (χ0) is 62.6. The molecule has 2 heterocycles. The Morgan fingerprint density at radius 3 is 1.76 bits per heavy atom. The molecule has 2 aliphatic rings. The lowest BCUT2D eigenvalue weighted by Gasteiger charge is -2.42. The predicted octanol–water partition coefficient (Wildman–Crippen LogP) is 1.80. The summed E-state index contributed by atoms with van der Waals surface area (Å²) in [7, 11) is 0. The summed E-state index contributed by atoms with van der Waals surface area (Å²) in [6.45, 7) is 12.0. The van der Waals surface area contributed by atoms with Gasteiger partial charge >= 0.3 is 0 Å². The van der Waals surface area contributed by atoms with E-state index in [4.69, 9.17) is 23.1 Å². The number of aliphatic hydroxyl groups is 17. The third-order valence-electron chi connectivity index (χ3n) is 15.1. The van der Waals surface area contributed by atoms with Gasteiger partial charge in [0.05, 0.1) is 67.6 Å². The first-order valence-corrected chi connectivity index (χ1v) is 30.2. The summed E-state index contributed by atoms with van der Waals surface area (Å²) in [6.07, 6.45) is -6.61. The molecule has 482 valence electrons. The van der Waals surface area contributed by atoms with Gasteiger partial charge in [0, 0.05) is 19.3 Å². The minimum absolute atomic E-state index is 0.00365. The van der Waals surface area contributed by atoms with Crippen molar-refractivity contribution in [3.8, 4) is 0 Å². The first-order valence-electron chi connectivity index (χ1n) is 28.8. The standard InChI is InChI=1S/C59H102O23S/c1-6-7-8-9-10-11-12-13-14-15-16-20-23-42(63)53(72)58-56(75)48(69)33-50(81-58)57(76)52(71)37(4)25-27-41(62)49-32-47(68)55(74)59(80-49)54(73)45(66)29-36(3)24-26-39(61)31-46(67)51(70)38(5)30-44(65)43(64)28-35(2)21-18-17-19-22-40(34-60)82-83(77,78)79/h6,9-14,17,19-20,23,29,35,38-79H,1,4,7-8,15-16,18,21-22,24-28,30-34H2,2-3,5H3/b10-9+,12-11+,14-13+,19-17+,23-20+,36-29+. The van der Waals surface area contributed by atoms with Crippen LogP contribution in [0.3, 0.4) is 0 Å². The van der Waals surface area contributed by atoms with Crippen molar-refractivity contribution in [1.82, 2.24) is 0 Å². The van der Waals surface area contributed by atoms with E-state index in [1.54, 1.807) is 32.1 Å². The Labute approximate surface area is 490 Å². The fourth-order valence-electron chi connectivity index (χ4n) is 9.86. The highest BCUT2D eigenvalue weighted by Gasteiger charge is 2.47. The van der Waals surface area contributed by atoms with Gasteiger partial charge in [-0.05, 0) is 108 Å². The van der Waals surface area contributed by atoms with Crippen LogP contribution in [0.15, 0.2) is 97.2 Å². The van der Waals surface area contributed by atoms with Crippen LogP contribution in [0.2, 0.25) is 0 Å². The van der Waals surface area contributed by atoms with Gasteiger partial charge in [-0.15, -0.1) is 6.58 Å². The summed E-state index contributed by atoms with van der Waals surface area (Å²) in [5, 5.41) is 183. The van der Waals surface area contributed by atoms with E-state index >= 15 is 0 Å². The fourth-order valence-corrected chi connectivity index (χ4v) is 10.4. The molecule has 0 aromatic rings. The van der Waals surface area contributed by atoms with Gasteiger partial charge in [0.1, 0.15) is 67.1 Å². The SMILES string of the molecule is C=CCC/C=C/C=C/C=C/CC/C=C/C(O)C(O)C1OC(C(O)C(O)C(=C)CCC(O)C2CC(O)C(O)C(C(O)C(O)/C=C(\C)CCC(O)CC(O)C(O)C(C)CC(O)C(O)CC(C)CC/C=C/CC(CO)OS(O)(O)O)O2)CC(O)C1O. The van der Waals surface area contributed by atoms with Gasteiger partial charge in [-0.25, -0.2) is 0 Å². The fraction of sp³-hybridized carbons (Fsp3) is 0.729. The molecule has 0 amide bonds. The van der Waals surface area contributed by atoms with Crippen LogP contribution in [0.25, 0.3) is 0 Å². The largest absolute Gasteiger partial charge is 0.394 e. The van der Waals surface area contributed by atoms with Gasteiger partial charge in [-0.2, -0.15) is 0 Å². The first kappa shape index (κ1) is 76.4. The monoisotopic (exact) mass is 1210 g/mol. The molecular weight excluding hydrogens is 1110 g/mol. The lowest BCUT2D eigenvalue weighted by Crippen LogP contribution is -2.59. The lowest BCUT2D eigenvalue weighted by atomic mass is 9.86. The van der Waals surface area contributed by atoms with E-state index < -0.39 is 152 Å². The number of ether oxygens (including phenoxy) is 2. The quantitative estimate of drug-likeness (QED) is 0.0236. The summed E-state index contributed by atoms with van der Waals surface area (Å²) in [5.74, 6) is -0.736. The molecule has 0 radical (unpaired) electrons. The van der Waals surface area contributed by atoms with E-state index in [2.05, 4.69) is 17.3 Å². The molecule has 23 nitrogen and oxygen atoms in total. The number of allylic oxidation sites excluding steroid dienone is 10. The van der Waals surface area contributed by atoms with Crippen molar-refractivity contribution in [1.29, 1.82) is 0 Å². The molecule has 2 rings (SSSR count). The molecule has 0 spiro atoms. The second-order valence-corrected chi connectivity index (χ2v) is 23.6. The molecule has 0 aromatic carbocycles. The number of aliphatic hydroxyl groups excluding tert-OH is 17. The van der Waals surface area contributed by atoms with Crippen molar-refractivity contribution in [3.05, 3.63) is 97.2 Å². The van der Waals surface area contributed by atoms with Crippen LogP contribution in [0.5, 0.6) is 0 Å². The molecule has 0 bridgehead atoms. The second kappa shape index (κ2) is 40.0. The van der Waals surface area contributed by atoms with E-state index in [1.165, 1.54) is 12.2 Å². The predicted molar refractivity (Wildman–Crippen MR) is 312 cm³/mol. The normalized spacial score (nSPS) is 28.2. The molecule has 2 saturated heterocycles. The summed E-state index contributed by atoms with van der Waals surface area (Å²) < 4.78 is 43.1. The molecule has 23 unspecified atom stereocenters. The Hall–Kier alpha value is -2.65. The Balaban J connectivity index is 1.86. The second-order valence-electron chi connectivity index (χ2n) is 22.5.